The summed E-state index contributed by atoms with van der Waals surface area (Å²) in [5.74, 6) is 1.25. The van der Waals surface area contributed by atoms with Crippen LogP contribution in [0.3, 0.4) is 0 Å². The molecule has 1 saturated carbocycles. The number of aryl methyl sites for hydroxylation is 2. The third-order valence-electron chi connectivity index (χ3n) is 5.11. The number of carbonyl (C=O) groups is 1. The largest absolute Gasteiger partial charge is 0.309 e. The van der Waals surface area contributed by atoms with Crippen LogP contribution in [0, 0.1) is 19.8 Å². The van der Waals surface area contributed by atoms with Gasteiger partial charge in [-0.2, -0.15) is 5.10 Å². The van der Waals surface area contributed by atoms with Crippen LogP contribution in [-0.4, -0.2) is 22.2 Å². The normalized spacial score (nSPS) is 14.6. The first kappa shape index (κ1) is 18.4. The Bertz CT molecular complexity index is 942. The zero-order chi connectivity index (χ0) is 19.5. The SMILES string of the molecule is Cc1ccc(-n2nc(C)cc2NC(=O)CNC(c2ccccc2)C2CC2)cc1. The summed E-state index contributed by atoms with van der Waals surface area (Å²) in [6.07, 6.45) is 2.43. The van der Waals surface area contributed by atoms with Gasteiger partial charge < -0.3 is 10.6 Å². The van der Waals surface area contributed by atoms with Gasteiger partial charge in [-0.15, -0.1) is 0 Å². The molecule has 1 fully saturated rings. The summed E-state index contributed by atoms with van der Waals surface area (Å²) in [6, 6.07) is 20.6. The molecule has 1 amide bonds. The van der Waals surface area contributed by atoms with Gasteiger partial charge in [-0.05, 0) is 50.3 Å². The van der Waals surface area contributed by atoms with Gasteiger partial charge in [-0.3, -0.25) is 4.79 Å². The number of nitrogens with one attached hydrogen (secondary N) is 2. The van der Waals surface area contributed by atoms with Crippen molar-refractivity contribution < 1.29 is 4.79 Å². The predicted octanol–water partition coefficient (Wildman–Crippen LogP) is 4.17. The number of hydrogen-bond acceptors (Lipinski definition) is 3. The Hall–Kier alpha value is -2.92. The highest BCUT2D eigenvalue weighted by Gasteiger charge is 2.32. The van der Waals surface area contributed by atoms with E-state index in [9.17, 15) is 4.79 Å². The fourth-order valence-corrected chi connectivity index (χ4v) is 3.51. The monoisotopic (exact) mass is 374 g/mol. The Balaban J connectivity index is 1.43. The van der Waals surface area contributed by atoms with Gasteiger partial charge in [-0.25, -0.2) is 4.68 Å². The zero-order valence-corrected chi connectivity index (χ0v) is 16.4. The predicted molar refractivity (Wildman–Crippen MR) is 112 cm³/mol. The van der Waals surface area contributed by atoms with Crippen LogP contribution in [0.15, 0.2) is 60.7 Å². The summed E-state index contributed by atoms with van der Waals surface area (Å²) in [5.41, 5.74) is 4.24. The summed E-state index contributed by atoms with van der Waals surface area (Å²) in [7, 11) is 0. The lowest BCUT2D eigenvalue weighted by Crippen LogP contribution is -2.32. The van der Waals surface area contributed by atoms with Gasteiger partial charge in [0.05, 0.1) is 17.9 Å². The van der Waals surface area contributed by atoms with E-state index in [1.807, 2.05) is 43.3 Å². The lowest BCUT2D eigenvalue weighted by molar-refractivity contribution is -0.115. The van der Waals surface area contributed by atoms with Crippen molar-refractivity contribution in [1.29, 1.82) is 0 Å². The first-order chi connectivity index (χ1) is 13.6. The van der Waals surface area contributed by atoms with Crippen LogP contribution < -0.4 is 10.6 Å². The standard InChI is InChI=1S/C23H26N4O/c1-16-8-12-20(13-9-16)27-21(14-17(2)26-27)25-22(28)15-24-23(19-10-11-19)18-6-4-3-5-7-18/h3-9,12-14,19,23-24H,10-11,15H2,1-2H3,(H,25,28). The molecule has 1 aromatic heterocycles. The van der Waals surface area contributed by atoms with Crippen molar-refractivity contribution in [1.82, 2.24) is 15.1 Å². The van der Waals surface area contributed by atoms with Crippen molar-refractivity contribution in [3.05, 3.63) is 77.5 Å². The number of anilines is 1. The van der Waals surface area contributed by atoms with Crippen molar-refractivity contribution in [3.8, 4) is 5.69 Å². The van der Waals surface area contributed by atoms with Crippen LogP contribution in [0.5, 0.6) is 0 Å². The molecule has 2 N–H and O–H groups in total. The smallest absolute Gasteiger partial charge is 0.239 e. The molecular formula is C23H26N4O. The quantitative estimate of drug-likeness (QED) is 0.653. The highest BCUT2D eigenvalue weighted by Crippen LogP contribution is 2.40. The van der Waals surface area contributed by atoms with Gasteiger partial charge in [0.25, 0.3) is 0 Å². The Morgan fingerprint density at radius 3 is 2.50 bits per heavy atom. The van der Waals surface area contributed by atoms with Crippen LogP contribution in [-0.2, 0) is 4.79 Å². The molecule has 1 aliphatic carbocycles. The van der Waals surface area contributed by atoms with E-state index in [-0.39, 0.29) is 18.5 Å². The minimum absolute atomic E-state index is 0.0603. The highest BCUT2D eigenvalue weighted by atomic mass is 16.2. The number of aromatic nitrogens is 2. The fraction of sp³-hybridized carbons (Fsp3) is 0.304. The summed E-state index contributed by atoms with van der Waals surface area (Å²) in [5, 5.41) is 11.0. The maximum Gasteiger partial charge on any atom is 0.239 e. The minimum Gasteiger partial charge on any atom is -0.309 e. The lowest BCUT2D eigenvalue weighted by atomic mass is 10.0. The van der Waals surface area contributed by atoms with Crippen molar-refractivity contribution in [2.75, 3.05) is 11.9 Å². The second-order valence-corrected chi connectivity index (χ2v) is 7.57. The fourth-order valence-electron chi connectivity index (χ4n) is 3.51. The number of carbonyl (C=O) groups excluding carboxylic acids is 1. The van der Waals surface area contributed by atoms with Gasteiger partial charge in [0.15, 0.2) is 0 Å². The van der Waals surface area contributed by atoms with E-state index in [0.29, 0.717) is 11.7 Å². The van der Waals surface area contributed by atoms with E-state index in [4.69, 9.17) is 0 Å². The Labute approximate surface area is 165 Å². The first-order valence-electron chi connectivity index (χ1n) is 9.82. The maximum atomic E-state index is 12.6. The molecule has 0 aliphatic heterocycles. The second kappa shape index (κ2) is 7.98. The molecule has 5 nitrogen and oxygen atoms in total. The summed E-state index contributed by atoms with van der Waals surface area (Å²) in [4.78, 5) is 12.6. The lowest BCUT2D eigenvalue weighted by Gasteiger charge is -2.18. The van der Waals surface area contributed by atoms with Crippen molar-refractivity contribution in [3.63, 3.8) is 0 Å². The molecule has 1 heterocycles. The average molecular weight is 374 g/mol. The molecule has 5 heteroatoms. The topological polar surface area (TPSA) is 59.0 Å². The van der Waals surface area contributed by atoms with Crippen LogP contribution in [0.2, 0.25) is 0 Å². The molecule has 144 valence electrons. The molecule has 4 rings (SSSR count). The summed E-state index contributed by atoms with van der Waals surface area (Å²) in [6.45, 7) is 4.25. The van der Waals surface area contributed by atoms with Gasteiger partial charge in [0.2, 0.25) is 5.91 Å². The van der Waals surface area contributed by atoms with E-state index in [2.05, 4.69) is 46.9 Å². The molecule has 1 atom stereocenters. The van der Waals surface area contributed by atoms with Gasteiger partial charge in [0.1, 0.15) is 5.82 Å². The van der Waals surface area contributed by atoms with Crippen LogP contribution in [0.4, 0.5) is 5.82 Å². The number of amides is 1. The summed E-state index contributed by atoms with van der Waals surface area (Å²) >= 11 is 0. The summed E-state index contributed by atoms with van der Waals surface area (Å²) < 4.78 is 1.78. The Morgan fingerprint density at radius 2 is 1.82 bits per heavy atom. The molecular weight excluding hydrogens is 348 g/mol. The Morgan fingerprint density at radius 1 is 1.11 bits per heavy atom. The molecule has 2 aromatic carbocycles. The van der Waals surface area contributed by atoms with E-state index in [0.717, 1.165) is 11.4 Å². The minimum atomic E-state index is -0.0603. The molecule has 0 bridgehead atoms. The number of rotatable bonds is 7. The zero-order valence-electron chi connectivity index (χ0n) is 16.4. The van der Waals surface area contributed by atoms with E-state index < -0.39 is 0 Å². The third-order valence-corrected chi connectivity index (χ3v) is 5.11. The van der Waals surface area contributed by atoms with Gasteiger partial charge in [-0.1, -0.05) is 48.0 Å². The molecule has 28 heavy (non-hydrogen) atoms. The number of hydrogen-bond donors (Lipinski definition) is 2. The second-order valence-electron chi connectivity index (χ2n) is 7.57. The highest BCUT2D eigenvalue weighted by molar-refractivity contribution is 5.91. The van der Waals surface area contributed by atoms with Gasteiger partial charge in [0, 0.05) is 12.1 Å². The van der Waals surface area contributed by atoms with Crippen molar-refractivity contribution in [2.24, 2.45) is 5.92 Å². The Kier molecular flexibility index (Phi) is 5.26. The number of benzene rings is 2. The molecule has 1 unspecified atom stereocenters. The molecule has 0 saturated heterocycles. The van der Waals surface area contributed by atoms with Crippen molar-refractivity contribution in [2.45, 2.75) is 32.7 Å². The molecule has 0 spiro atoms. The van der Waals surface area contributed by atoms with Crippen LogP contribution in [0.25, 0.3) is 5.69 Å². The third kappa shape index (κ3) is 4.31. The van der Waals surface area contributed by atoms with Crippen molar-refractivity contribution >= 4 is 11.7 Å². The number of nitrogens with zero attached hydrogens (tertiary/aromatic N) is 2. The van der Waals surface area contributed by atoms with E-state index >= 15 is 0 Å². The van der Waals surface area contributed by atoms with E-state index in [1.165, 1.54) is 24.0 Å². The molecule has 1 aliphatic rings. The molecule has 0 radical (unpaired) electrons. The van der Waals surface area contributed by atoms with Crippen LogP contribution in [0.1, 0.15) is 35.7 Å². The average Bonchev–Trinajstić information content (AvgIpc) is 3.46. The first-order valence-corrected chi connectivity index (χ1v) is 9.82. The molecule has 3 aromatic rings. The van der Waals surface area contributed by atoms with Gasteiger partial charge >= 0.3 is 0 Å². The van der Waals surface area contributed by atoms with Crippen LogP contribution >= 0.6 is 0 Å². The maximum absolute atomic E-state index is 12.6. The van der Waals surface area contributed by atoms with E-state index in [1.54, 1.807) is 4.68 Å².